The number of nitrogens with one attached hydrogen (secondary N) is 2. The molecule has 0 saturated carbocycles. The molecule has 0 bridgehead atoms. The number of rotatable bonds is 7. The summed E-state index contributed by atoms with van der Waals surface area (Å²) in [6.45, 7) is 6.89. The van der Waals surface area contributed by atoms with Gasteiger partial charge in [0.1, 0.15) is 0 Å². The third-order valence-corrected chi connectivity index (χ3v) is 3.41. The molecule has 3 nitrogen and oxygen atoms in total. The van der Waals surface area contributed by atoms with Gasteiger partial charge in [-0.2, -0.15) is 0 Å². The minimum atomic E-state index is 0.992. The van der Waals surface area contributed by atoms with Gasteiger partial charge in [-0.05, 0) is 44.5 Å². The van der Waals surface area contributed by atoms with Crippen LogP contribution in [0.25, 0.3) is 0 Å². The Labute approximate surface area is 111 Å². The van der Waals surface area contributed by atoms with E-state index in [9.17, 15) is 0 Å². The molecule has 0 amide bonds. The van der Waals surface area contributed by atoms with E-state index >= 15 is 0 Å². The van der Waals surface area contributed by atoms with Gasteiger partial charge in [-0.1, -0.05) is 30.3 Å². The molecular formula is C15H25N3. The van der Waals surface area contributed by atoms with Crippen LogP contribution >= 0.6 is 0 Å². The Morgan fingerprint density at radius 3 is 2.83 bits per heavy atom. The minimum absolute atomic E-state index is 0.992. The molecule has 1 aromatic carbocycles. The average Bonchev–Trinajstić information content (AvgIpc) is 2.45. The zero-order valence-electron chi connectivity index (χ0n) is 11.2. The monoisotopic (exact) mass is 247 g/mol. The maximum atomic E-state index is 3.51. The van der Waals surface area contributed by atoms with Gasteiger partial charge >= 0.3 is 0 Å². The first kappa shape index (κ1) is 13.5. The van der Waals surface area contributed by atoms with Crippen molar-refractivity contribution in [3.8, 4) is 0 Å². The number of hydrogen-bond acceptors (Lipinski definition) is 3. The van der Waals surface area contributed by atoms with E-state index in [1.807, 2.05) is 0 Å². The Kier molecular flexibility index (Phi) is 6.20. The molecule has 2 rings (SSSR count). The summed E-state index contributed by atoms with van der Waals surface area (Å²) in [5.41, 5.74) is 1.37. The minimum Gasteiger partial charge on any atom is -0.313 e. The number of unbranched alkanes of at least 4 members (excludes halogenated alkanes) is 1. The van der Waals surface area contributed by atoms with Crippen LogP contribution in [0.1, 0.15) is 24.8 Å². The molecule has 18 heavy (non-hydrogen) atoms. The van der Waals surface area contributed by atoms with Gasteiger partial charge in [0, 0.05) is 19.8 Å². The van der Waals surface area contributed by atoms with Crippen molar-refractivity contribution >= 4 is 0 Å². The predicted molar refractivity (Wildman–Crippen MR) is 76.4 cm³/mol. The molecule has 1 aromatic rings. The van der Waals surface area contributed by atoms with Gasteiger partial charge < -0.3 is 10.6 Å². The molecule has 0 atom stereocenters. The zero-order valence-corrected chi connectivity index (χ0v) is 11.2. The molecule has 1 aliphatic rings. The summed E-state index contributed by atoms with van der Waals surface area (Å²) in [5, 5.41) is 6.92. The molecule has 1 aliphatic heterocycles. The van der Waals surface area contributed by atoms with E-state index in [1.54, 1.807) is 0 Å². The Morgan fingerprint density at radius 1 is 1.17 bits per heavy atom. The fraction of sp³-hybridized carbons (Fsp3) is 0.600. The van der Waals surface area contributed by atoms with Crippen molar-refractivity contribution in [3.63, 3.8) is 0 Å². The molecular weight excluding hydrogens is 222 g/mol. The zero-order chi connectivity index (χ0) is 12.5. The topological polar surface area (TPSA) is 27.3 Å². The third kappa shape index (κ3) is 5.17. The van der Waals surface area contributed by atoms with E-state index in [0.29, 0.717) is 0 Å². The van der Waals surface area contributed by atoms with Crippen molar-refractivity contribution < 1.29 is 0 Å². The van der Waals surface area contributed by atoms with Crippen molar-refractivity contribution in [2.24, 2.45) is 0 Å². The molecule has 3 heteroatoms. The van der Waals surface area contributed by atoms with Gasteiger partial charge in [-0.25, -0.2) is 0 Å². The van der Waals surface area contributed by atoms with Crippen LogP contribution in [-0.2, 0) is 6.54 Å². The lowest BCUT2D eigenvalue weighted by Crippen LogP contribution is -2.41. The van der Waals surface area contributed by atoms with Crippen LogP contribution < -0.4 is 10.6 Å². The second-order valence-electron chi connectivity index (χ2n) is 5.00. The average molecular weight is 247 g/mol. The first-order chi connectivity index (χ1) is 8.95. The van der Waals surface area contributed by atoms with E-state index in [4.69, 9.17) is 0 Å². The largest absolute Gasteiger partial charge is 0.313 e. The predicted octanol–water partition coefficient (Wildman–Crippen LogP) is 1.81. The highest BCUT2D eigenvalue weighted by Crippen LogP contribution is 2.00. The molecule has 100 valence electrons. The van der Waals surface area contributed by atoms with Gasteiger partial charge in [0.05, 0.1) is 0 Å². The highest BCUT2D eigenvalue weighted by molar-refractivity contribution is 5.14. The van der Waals surface area contributed by atoms with Crippen LogP contribution in [0.4, 0.5) is 0 Å². The van der Waals surface area contributed by atoms with E-state index in [-0.39, 0.29) is 0 Å². The van der Waals surface area contributed by atoms with Gasteiger partial charge in [0.15, 0.2) is 0 Å². The van der Waals surface area contributed by atoms with Gasteiger partial charge in [0.2, 0.25) is 0 Å². The summed E-state index contributed by atoms with van der Waals surface area (Å²) in [4.78, 5) is 2.51. The second-order valence-corrected chi connectivity index (χ2v) is 5.00. The maximum Gasteiger partial charge on any atom is 0.0480 e. The van der Waals surface area contributed by atoms with E-state index in [1.165, 1.54) is 44.5 Å². The van der Waals surface area contributed by atoms with E-state index in [2.05, 4.69) is 45.9 Å². The fourth-order valence-electron chi connectivity index (χ4n) is 2.35. The lowest BCUT2D eigenvalue weighted by molar-refractivity contribution is 0.212. The quantitative estimate of drug-likeness (QED) is 0.720. The van der Waals surface area contributed by atoms with Gasteiger partial charge in [-0.15, -0.1) is 0 Å². The van der Waals surface area contributed by atoms with Gasteiger partial charge in [0.25, 0.3) is 0 Å². The van der Waals surface area contributed by atoms with Crippen LogP contribution in [0.15, 0.2) is 30.3 Å². The summed E-state index contributed by atoms with van der Waals surface area (Å²) >= 11 is 0. The SMILES string of the molecule is c1ccc(CNCCCCN2CCCNC2)cc1. The van der Waals surface area contributed by atoms with Crippen LogP contribution in [-0.4, -0.2) is 37.7 Å². The summed E-state index contributed by atoms with van der Waals surface area (Å²) < 4.78 is 0. The van der Waals surface area contributed by atoms with Crippen molar-refractivity contribution in [1.82, 2.24) is 15.5 Å². The summed E-state index contributed by atoms with van der Waals surface area (Å²) in [6, 6.07) is 10.6. The highest BCUT2D eigenvalue weighted by atomic mass is 15.2. The third-order valence-electron chi connectivity index (χ3n) is 3.41. The molecule has 0 aliphatic carbocycles. The number of hydrogen-bond donors (Lipinski definition) is 2. The van der Waals surface area contributed by atoms with Crippen LogP contribution in [0.3, 0.4) is 0 Å². The Bertz CT molecular complexity index is 307. The van der Waals surface area contributed by atoms with Crippen LogP contribution in [0.2, 0.25) is 0 Å². The van der Waals surface area contributed by atoms with Crippen LogP contribution in [0.5, 0.6) is 0 Å². The molecule has 0 radical (unpaired) electrons. The lowest BCUT2D eigenvalue weighted by Gasteiger charge is -2.27. The first-order valence-corrected chi connectivity index (χ1v) is 7.13. The van der Waals surface area contributed by atoms with Crippen molar-refractivity contribution in [2.45, 2.75) is 25.8 Å². The number of benzene rings is 1. The number of nitrogens with zero attached hydrogens (tertiary/aromatic N) is 1. The smallest absolute Gasteiger partial charge is 0.0480 e. The summed E-state index contributed by atoms with van der Waals surface area (Å²) in [7, 11) is 0. The van der Waals surface area contributed by atoms with E-state index < -0.39 is 0 Å². The molecule has 0 unspecified atom stereocenters. The van der Waals surface area contributed by atoms with Crippen molar-refractivity contribution in [2.75, 3.05) is 32.8 Å². The molecule has 0 aromatic heterocycles. The fourth-order valence-corrected chi connectivity index (χ4v) is 2.35. The summed E-state index contributed by atoms with van der Waals surface area (Å²) in [6.07, 6.45) is 3.86. The molecule has 1 heterocycles. The Balaban J connectivity index is 1.46. The first-order valence-electron chi connectivity index (χ1n) is 7.13. The molecule has 0 spiro atoms. The molecule has 2 N–H and O–H groups in total. The normalized spacial score (nSPS) is 16.9. The molecule has 1 saturated heterocycles. The standard InChI is InChI=1S/C15H25N3/c1-2-7-15(8-3-1)13-16-9-4-5-11-18-12-6-10-17-14-18/h1-3,7-8,16-17H,4-6,9-14H2. The van der Waals surface area contributed by atoms with Crippen LogP contribution in [0, 0.1) is 0 Å². The molecule has 1 fully saturated rings. The summed E-state index contributed by atoms with van der Waals surface area (Å²) in [5.74, 6) is 0. The van der Waals surface area contributed by atoms with E-state index in [0.717, 1.165) is 19.8 Å². The van der Waals surface area contributed by atoms with Crippen molar-refractivity contribution in [1.29, 1.82) is 0 Å². The second kappa shape index (κ2) is 8.25. The van der Waals surface area contributed by atoms with Gasteiger partial charge in [-0.3, -0.25) is 4.90 Å². The lowest BCUT2D eigenvalue weighted by atomic mass is 10.2. The Morgan fingerprint density at radius 2 is 2.06 bits per heavy atom. The maximum absolute atomic E-state index is 3.51. The Hall–Kier alpha value is -0.900. The van der Waals surface area contributed by atoms with Crippen molar-refractivity contribution in [3.05, 3.63) is 35.9 Å². The highest BCUT2D eigenvalue weighted by Gasteiger charge is 2.07.